The smallest absolute Gasteiger partial charge is 0.147 e. The summed E-state index contributed by atoms with van der Waals surface area (Å²) >= 11 is 0. The third kappa shape index (κ3) is 1.51. The van der Waals surface area contributed by atoms with Crippen LogP contribution in [0.2, 0.25) is 0 Å². The van der Waals surface area contributed by atoms with Crippen molar-refractivity contribution >= 4 is 0 Å². The maximum atomic E-state index is 13.0. The number of rotatable bonds is 1. The van der Waals surface area contributed by atoms with E-state index in [0.717, 1.165) is 11.3 Å². The van der Waals surface area contributed by atoms with E-state index in [1.165, 1.54) is 12.1 Å². The van der Waals surface area contributed by atoms with Gasteiger partial charge in [-0.2, -0.15) is 5.10 Å². The molecule has 0 unspecified atom stereocenters. The van der Waals surface area contributed by atoms with Crippen LogP contribution in [0.1, 0.15) is 11.4 Å². The average Bonchev–Trinajstić information content (AvgIpc) is 2.56. The Labute approximate surface area is 81.2 Å². The van der Waals surface area contributed by atoms with Crippen molar-refractivity contribution in [2.75, 3.05) is 0 Å². The van der Waals surface area contributed by atoms with E-state index < -0.39 is 0 Å². The Morgan fingerprint density at radius 2 is 2.07 bits per heavy atom. The predicted octanol–water partition coefficient (Wildman–Crippen LogP) is 2.02. The van der Waals surface area contributed by atoms with Crippen LogP contribution in [0.15, 0.2) is 24.5 Å². The van der Waals surface area contributed by atoms with E-state index in [-0.39, 0.29) is 5.82 Å². The lowest BCUT2D eigenvalue weighted by Crippen LogP contribution is -1.98. The van der Waals surface area contributed by atoms with Gasteiger partial charge in [0.25, 0.3) is 0 Å². The topological polar surface area (TPSA) is 30.7 Å². The van der Waals surface area contributed by atoms with Gasteiger partial charge in [0.15, 0.2) is 0 Å². The summed E-state index contributed by atoms with van der Waals surface area (Å²) in [6, 6.07) is 4.60. The molecular formula is C10H10FN3. The van der Waals surface area contributed by atoms with Gasteiger partial charge < -0.3 is 0 Å². The van der Waals surface area contributed by atoms with Gasteiger partial charge in [-0.1, -0.05) is 6.07 Å². The Balaban J connectivity index is 2.55. The highest BCUT2D eigenvalue weighted by atomic mass is 19.1. The van der Waals surface area contributed by atoms with Crippen LogP contribution >= 0.6 is 0 Å². The lowest BCUT2D eigenvalue weighted by atomic mass is 10.2. The summed E-state index contributed by atoms with van der Waals surface area (Å²) in [6.07, 6.45) is 1.58. The van der Waals surface area contributed by atoms with Gasteiger partial charge in [-0.3, -0.25) is 0 Å². The van der Waals surface area contributed by atoms with E-state index in [1.54, 1.807) is 24.0 Å². The van der Waals surface area contributed by atoms with E-state index in [1.807, 2.05) is 6.92 Å². The normalized spacial score (nSPS) is 10.5. The third-order valence-corrected chi connectivity index (χ3v) is 2.02. The van der Waals surface area contributed by atoms with Gasteiger partial charge in [0.1, 0.15) is 18.0 Å². The Bertz CT molecular complexity index is 462. The molecule has 0 bridgehead atoms. The lowest BCUT2D eigenvalue weighted by Gasteiger charge is -2.04. The number of aryl methyl sites for hydroxylation is 2. The molecule has 1 aromatic carbocycles. The number of hydrogen-bond donors (Lipinski definition) is 0. The van der Waals surface area contributed by atoms with Crippen LogP contribution in [0, 0.1) is 19.7 Å². The zero-order valence-corrected chi connectivity index (χ0v) is 8.03. The highest BCUT2D eigenvalue weighted by Gasteiger charge is 2.04. The Hall–Kier alpha value is -1.71. The zero-order valence-electron chi connectivity index (χ0n) is 8.03. The number of aromatic nitrogens is 3. The first kappa shape index (κ1) is 8.87. The summed E-state index contributed by atoms with van der Waals surface area (Å²) in [7, 11) is 0. The van der Waals surface area contributed by atoms with Crippen molar-refractivity contribution in [3.8, 4) is 5.69 Å². The molecule has 1 heterocycles. The largest absolute Gasteiger partial charge is 0.220 e. The minimum absolute atomic E-state index is 0.265. The fraction of sp³-hybridized carbons (Fsp3) is 0.200. The average molecular weight is 191 g/mol. The molecule has 0 saturated heterocycles. The van der Waals surface area contributed by atoms with Crippen molar-refractivity contribution in [3.63, 3.8) is 0 Å². The fourth-order valence-electron chi connectivity index (χ4n) is 1.29. The lowest BCUT2D eigenvalue weighted by molar-refractivity contribution is 0.624. The van der Waals surface area contributed by atoms with E-state index in [0.29, 0.717) is 5.82 Å². The summed E-state index contributed by atoms with van der Waals surface area (Å²) < 4.78 is 14.6. The second-order valence-corrected chi connectivity index (χ2v) is 3.17. The molecule has 2 rings (SSSR count). The van der Waals surface area contributed by atoms with Crippen molar-refractivity contribution in [3.05, 3.63) is 41.7 Å². The first-order valence-corrected chi connectivity index (χ1v) is 4.31. The van der Waals surface area contributed by atoms with Crippen LogP contribution in [0.5, 0.6) is 0 Å². The molecule has 3 nitrogen and oxygen atoms in total. The quantitative estimate of drug-likeness (QED) is 0.690. The fourth-order valence-corrected chi connectivity index (χ4v) is 1.29. The highest BCUT2D eigenvalue weighted by Crippen LogP contribution is 2.13. The van der Waals surface area contributed by atoms with E-state index in [4.69, 9.17) is 0 Å². The maximum absolute atomic E-state index is 13.0. The Morgan fingerprint density at radius 3 is 2.71 bits per heavy atom. The molecule has 0 radical (unpaired) electrons. The molecule has 0 amide bonds. The Kier molecular flexibility index (Phi) is 2.04. The van der Waals surface area contributed by atoms with E-state index >= 15 is 0 Å². The summed E-state index contributed by atoms with van der Waals surface area (Å²) in [5.41, 5.74) is 1.70. The first-order chi connectivity index (χ1) is 6.66. The molecule has 0 fully saturated rings. The van der Waals surface area contributed by atoms with Gasteiger partial charge in [0, 0.05) is 0 Å². The van der Waals surface area contributed by atoms with Crippen LogP contribution in [0.25, 0.3) is 5.69 Å². The highest BCUT2D eigenvalue weighted by molar-refractivity contribution is 5.39. The SMILES string of the molecule is Cc1ncn(-c2cc(F)ccc2C)n1. The van der Waals surface area contributed by atoms with Gasteiger partial charge in [-0.25, -0.2) is 14.1 Å². The molecule has 0 aliphatic rings. The number of benzene rings is 1. The van der Waals surface area contributed by atoms with Gasteiger partial charge in [0.05, 0.1) is 5.69 Å². The van der Waals surface area contributed by atoms with Crippen molar-refractivity contribution in [2.45, 2.75) is 13.8 Å². The van der Waals surface area contributed by atoms with Crippen molar-refractivity contribution in [2.24, 2.45) is 0 Å². The summed E-state index contributed by atoms with van der Waals surface area (Å²) in [6.45, 7) is 3.71. The second-order valence-electron chi connectivity index (χ2n) is 3.17. The van der Waals surface area contributed by atoms with Crippen LogP contribution < -0.4 is 0 Å². The van der Waals surface area contributed by atoms with E-state index in [9.17, 15) is 4.39 Å². The van der Waals surface area contributed by atoms with Gasteiger partial charge in [-0.05, 0) is 31.5 Å². The van der Waals surface area contributed by atoms with Crippen molar-refractivity contribution in [1.29, 1.82) is 0 Å². The minimum atomic E-state index is -0.265. The molecular weight excluding hydrogens is 181 g/mol. The molecule has 72 valence electrons. The molecule has 0 aliphatic heterocycles. The van der Waals surface area contributed by atoms with Crippen LogP contribution in [0.4, 0.5) is 4.39 Å². The molecule has 0 N–H and O–H groups in total. The molecule has 0 aliphatic carbocycles. The second kappa shape index (κ2) is 3.21. The van der Waals surface area contributed by atoms with Gasteiger partial charge in [0.2, 0.25) is 0 Å². The summed E-state index contributed by atoms with van der Waals surface area (Å²) in [5.74, 6) is 0.410. The number of halogens is 1. The summed E-state index contributed by atoms with van der Waals surface area (Å²) in [4.78, 5) is 3.99. The number of nitrogens with zero attached hydrogens (tertiary/aromatic N) is 3. The van der Waals surface area contributed by atoms with Crippen LogP contribution in [-0.2, 0) is 0 Å². The molecule has 4 heteroatoms. The van der Waals surface area contributed by atoms with Crippen LogP contribution in [0.3, 0.4) is 0 Å². The van der Waals surface area contributed by atoms with Crippen molar-refractivity contribution < 1.29 is 4.39 Å². The minimum Gasteiger partial charge on any atom is -0.220 e. The van der Waals surface area contributed by atoms with Gasteiger partial charge >= 0.3 is 0 Å². The molecule has 2 aromatic rings. The third-order valence-electron chi connectivity index (χ3n) is 2.02. The Morgan fingerprint density at radius 1 is 1.29 bits per heavy atom. The summed E-state index contributed by atoms with van der Waals surface area (Å²) in [5, 5.41) is 4.12. The predicted molar refractivity (Wildman–Crippen MR) is 50.8 cm³/mol. The molecule has 0 atom stereocenters. The van der Waals surface area contributed by atoms with Crippen LogP contribution in [-0.4, -0.2) is 14.8 Å². The maximum Gasteiger partial charge on any atom is 0.147 e. The standard InChI is InChI=1S/C10H10FN3/c1-7-3-4-9(11)5-10(7)14-6-12-8(2)13-14/h3-6H,1-2H3. The number of hydrogen-bond acceptors (Lipinski definition) is 2. The molecule has 14 heavy (non-hydrogen) atoms. The monoisotopic (exact) mass is 191 g/mol. The molecule has 1 aromatic heterocycles. The van der Waals surface area contributed by atoms with E-state index in [2.05, 4.69) is 10.1 Å². The molecule has 0 saturated carbocycles. The zero-order chi connectivity index (χ0) is 10.1. The first-order valence-electron chi connectivity index (χ1n) is 4.31. The van der Waals surface area contributed by atoms with Gasteiger partial charge in [-0.15, -0.1) is 0 Å². The van der Waals surface area contributed by atoms with Crippen molar-refractivity contribution in [1.82, 2.24) is 14.8 Å². The molecule has 0 spiro atoms.